The van der Waals surface area contributed by atoms with Gasteiger partial charge in [0.2, 0.25) is 0 Å². The van der Waals surface area contributed by atoms with Crippen molar-refractivity contribution < 1.29 is 32.6 Å². The quantitative estimate of drug-likeness (QED) is 0.184. The van der Waals surface area contributed by atoms with Crippen LogP contribution in [0.4, 0.5) is 18.0 Å². The highest BCUT2D eigenvalue weighted by atomic mass is 19.4. The minimum atomic E-state index is -4.04. The van der Waals surface area contributed by atoms with E-state index in [-0.39, 0.29) is 25.1 Å². The van der Waals surface area contributed by atoms with Crippen molar-refractivity contribution in [2.45, 2.75) is 77.1 Å². The second-order valence-electron chi connectivity index (χ2n) is 9.84. The standard InChI is InChI=1S/C32H36F3NO4/c33-32(34,35)21-11-5-3-1-2-4-6-12-24-17-19-25(20-18-24)23-40-31(39)36-22-26-13-7-8-14-27(26)28-15-9-10-16-29(28)30(37)38/h7-10,13-20H,1-6,11-12,21-23H2,(H,36,39)(H,37,38). The lowest BCUT2D eigenvalue weighted by atomic mass is 9.95. The van der Waals surface area contributed by atoms with Crippen LogP contribution in [0.2, 0.25) is 0 Å². The van der Waals surface area contributed by atoms with Crippen LogP contribution in [0, 0.1) is 0 Å². The number of nitrogens with one attached hydrogen (secondary N) is 1. The fourth-order valence-corrected chi connectivity index (χ4v) is 4.55. The van der Waals surface area contributed by atoms with Gasteiger partial charge in [-0.1, -0.05) is 98.8 Å². The number of aromatic carboxylic acids is 1. The Balaban J connectivity index is 1.36. The lowest BCUT2D eigenvalue weighted by Crippen LogP contribution is -2.24. The third kappa shape index (κ3) is 10.8. The molecule has 0 heterocycles. The summed E-state index contributed by atoms with van der Waals surface area (Å²) in [6, 6.07) is 22.0. The monoisotopic (exact) mass is 555 g/mol. The number of unbranched alkanes of at least 4 members (excludes halogenated alkanes) is 6. The van der Waals surface area contributed by atoms with Gasteiger partial charge in [-0.3, -0.25) is 0 Å². The third-order valence-electron chi connectivity index (χ3n) is 6.71. The Hall–Kier alpha value is -3.81. The summed E-state index contributed by atoms with van der Waals surface area (Å²) < 4.78 is 41.8. The van der Waals surface area contributed by atoms with Gasteiger partial charge in [-0.2, -0.15) is 13.2 Å². The fourth-order valence-electron chi connectivity index (χ4n) is 4.55. The second kappa shape index (κ2) is 15.7. The van der Waals surface area contributed by atoms with Crippen LogP contribution in [-0.2, 0) is 24.3 Å². The predicted octanol–water partition coefficient (Wildman–Crippen LogP) is 8.70. The van der Waals surface area contributed by atoms with Crippen LogP contribution in [0.15, 0.2) is 72.8 Å². The summed E-state index contributed by atoms with van der Waals surface area (Å²) in [5, 5.41) is 12.3. The maximum atomic E-state index is 12.3. The molecule has 0 saturated carbocycles. The van der Waals surface area contributed by atoms with E-state index >= 15 is 0 Å². The highest BCUT2D eigenvalue weighted by molar-refractivity contribution is 5.96. The van der Waals surface area contributed by atoms with E-state index in [2.05, 4.69) is 5.32 Å². The van der Waals surface area contributed by atoms with Crippen LogP contribution in [-0.4, -0.2) is 23.3 Å². The molecular formula is C32H36F3NO4. The van der Waals surface area contributed by atoms with Gasteiger partial charge in [0.1, 0.15) is 6.61 Å². The van der Waals surface area contributed by atoms with Crippen molar-refractivity contribution in [2.24, 2.45) is 0 Å². The van der Waals surface area contributed by atoms with Gasteiger partial charge in [0.25, 0.3) is 0 Å². The number of alkyl halides is 3. The molecule has 0 spiro atoms. The lowest BCUT2D eigenvalue weighted by molar-refractivity contribution is -0.135. The molecule has 0 saturated heterocycles. The first-order valence-corrected chi connectivity index (χ1v) is 13.7. The fraction of sp³-hybridized carbons (Fsp3) is 0.375. The molecule has 1 amide bonds. The zero-order valence-corrected chi connectivity index (χ0v) is 22.5. The summed E-state index contributed by atoms with van der Waals surface area (Å²) in [7, 11) is 0. The van der Waals surface area contributed by atoms with Crippen molar-refractivity contribution in [1.82, 2.24) is 5.32 Å². The Morgan fingerprint density at radius 2 is 1.30 bits per heavy atom. The number of hydrogen-bond donors (Lipinski definition) is 2. The number of carboxylic acids is 1. The van der Waals surface area contributed by atoms with Crippen LogP contribution in [0.3, 0.4) is 0 Å². The second-order valence-corrected chi connectivity index (χ2v) is 9.84. The van der Waals surface area contributed by atoms with Crippen LogP contribution in [0.5, 0.6) is 0 Å². The van der Waals surface area contributed by atoms with Crippen molar-refractivity contribution in [3.8, 4) is 11.1 Å². The first kappa shape index (κ1) is 30.7. The van der Waals surface area contributed by atoms with E-state index in [0.717, 1.165) is 55.2 Å². The number of ether oxygens (including phenoxy) is 1. The molecular weight excluding hydrogens is 519 g/mol. The van der Waals surface area contributed by atoms with Crippen LogP contribution < -0.4 is 5.32 Å². The van der Waals surface area contributed by atoms with Gasteiger partial charge in [0.05, 0.1) is 5.56 Å². The molecule has 0 bridgehead atoms. The molecule has 3 aromatic rings. The number of halogens is 3. The summed E-state index contributed by atoms with van der Waals surface area (Å²) in [4.78, 5) is 24.0. The molecule has 2 N–H and O–H groups in total. The molecule has 3 rings (SSSR count). The first-order chi connectivity index (χ1) is 19.2. The third-order valence-corrected chi connectivity index (χ3v) is 6.71. The summed E-state index contributed by atoms with van der Waals surface area (Å²) in [5.41, 5.74) is 4.35. The Morgan fingerprint density at radius 1 is 0.725 bits per heavy atom. The van der Waals surface area contributed by atoms with Crippen molar-refractivity contribution in [3.05, 3.63) is 95.1 Å². The minimum absolute atomic E-state index is 0.129. The average molecular weight is 556 g/mol. The molecule has 0 aliphatic carbocycles. The Kier molecular flexibility index (Phi) is 12.1. The number of aryl methyl sites for hydroxylation is 1. The van der Waals surface area contributed by atoms with E-state index in [1.807, 2.05) is 48.5 Å². The Labute approximate surface area is 233 Å². The molecule has 0 radical (unpaired) electrons. The number of carbonyl (C=O) groups excluding carboxylic acids is 1. The maximum Gasteiger partial charge on any atom is 0.407 e. The molecule has 5 nitrogen and oxygen atoms in total. The van der Waals surface area contributed by atoms with E-state index in [4.69, 9.17) is 4.74 Å². The van der Waals surface area contributed by atoms with E-state index in [0.29, 0.717) is 12.0 Å². The van der Waals surface area contributed by atoms with Gasteiger partial charge < -0.3 is 15.2 Å². The van der Waals surface area contributed by atoms with Crippen molar-refractivity contribution in [2.75, 3.05) is 0 Å². The summed E-state index contributed by atoms with van der Waals surface area (Å²) in [5.74, 6) is -1.01. The van der Waals surface area contributed by atoms with Crippen molar-refractivity contribution >= 4 is 12.1 Å². The van der Waals surface area contributed by atoms with Gasteiger partial charge in [-0.05, 0) is 53.1 Å². The largest absolute Gasteiger partial charge is 0.478 e. The molecule has 0 aliphatic rings. The van der Waals surface area contributed by atoms with Crippen LogP contribution in [0.25, 0.3) is 11.1 Å². The number of amides is 1. The van der Waals surface area contributed by atoms with E-state index < -0.39 is 24.7 Å². The highest BCUT2D eigenvalue weighted by Gasteiger charge is 2.25. The topological polar surface area (TPSA) is 75.6 Å². The number of alkyl carbamates (subject to hydrolysis) is 1. The molecule has 0 atom stereocenters. The highest BCUT2D eigenvalue weighted by Crippen LogP contribution is 2.27. The molecule has 3 aromatic carbocycles. The number of carbonyl (C=O) groups is 2. The number of benzene rings is 3. The smallest absolute Gasteiger partial charge is 0.407 e. The number of carboxylic acid groups (broad SMARTS) is 1. The molecule has 0 fully saturated rings. The van der Waals surface area contributed by atoms with E-state index in [1.54, 1.807) is 24.3 Å². The molecule has 0 aromatic heterocycles. The lowest BCUT2D eigenvalue weighted by Gasteiger charge is -2.13. The van der Waals surface area contributed by atoms with Gasteiger partial charge >= 0.3 is 18.2 Å². The van der Waals surface area contributed by atoms with Gasteiger partial charge in [-0.25, -0.2) is 9.59 Å². The molecule has 0 unspecified atom stereocenters. The van der Waals surface area contributed by atoms with Gasteiger partial charge in [-0.15, -0.1) is 0 Å². The van der Waals surface area contributed by atoms with E-state index in [9.17, 15) is 27.9 Å². The average Bonchev–Trinajstić information content (AvgIpc) is 2.94. The molecule has 8 heteroatoms. The molecule has 0 aliphatic heterocycles. The van der Waals surface area contributed by atoms with E-state index in [1.165, 1.54) is 5.56 Å². The van der Waals surface area contributed by atoms with Crippen molar-refractivity contribution in [1.29, 1.82) is 0 Å². The van der Waals surface area contributed by atoms with Gasteiger partial charge in [0.15, 0.2) is 0 Å². The normalized spacial score (nSPS) is 11.3. The number of hydrogen-bond acceptors (Lipinski definition) is 3. The van der Waals surface area contributed by atoms with Gasteiger partial charge in [0, 0.05) is 13.0 Å². The van der Waals surface area contributed by atoms with Crippen molar-refractivity contribution in [3.63, 3.8) is 0 Å². The number of rotatable bonds is 15. The zero-order valence-electron chi connectivity index (χ0n) is 22.5. The van der Waals surface area contributed by atoms with Crippen LogP contribution in [0.1, 0.15) is 78.4 Å². The summed E-state index contributed by atoms with van der Waals surface area (Å²) in [6.45, 7) is 0.319. The summed E-state index contributed by atoms with van der Waals surface area (Å²) >= 11 is 0. The Morgan fingerprint density at radius 3 is 1.98 bits per heavy atom. The molecule has 214 valence electrons. The summed E-state index contributed by atoms with van der Waals surface area (Å²) in [6.07, 6.45) is 1.43. The minimum Gasteiger partial charge on any atom is -0.478 e. The van der Waals surface area contributed by atoms with Crippen LogP contribution >= 0.6 is 0 Å². The predicted molar refractivity (Wildman–Crippen MR) is 149 cm³/mol. The zero-order chi connectivity index (χ0) is 28.8. The molecule has 40 heavy (non-hydrogen) atoms. The maximum absolute atomic E-state index is 12.3. The first-order valence-electron chi connectivity index (χ1n) is 13.7. The Bertz CT molecular complexity index is 1230. The SMILES string of the molecule is O=C(NCc1ccccc1-c1ccccc1C(=O)O)OCc1ccc(CCCCCCCCCC(F)(F)F)cc1.